The zero-order valence-corrected chi connectivity index (χ0v) is 13.1. The van der Waals surface area contributed by atoms with Crippen molar-refractivity contribution in [3.05, 3.63) is 40.5 Å². The number of aromatic nitrogens is 4. The van der Waals surface area contributed by atoms with Gasteiger partial charge in [0.15, 0.2) is 0 Å². The van der Waals surface area contributed by atoms with Crippen molar-refractivity contribution in [2.75, 3.05) is 11.9 Å². The van der Waals surface area contributed by atoms with Crippen molar-refractivity contribution in [2.24, 2.45) is 20.0 Å². The summed E-state index contributed by atoms with van der Waals surface area (Å²) in [5, 5.41) is 17.7. The Bertz CT molecular complexity index is 739. The van der Waals surface area contributed by atoms with Gasteiger partial charge < -0.3 is 10.4 Å². The topological polar surface area (TPSA) is 85.0 Å². The average Bonchev–Trinajstić information content (AvgIpc) is 3.02. The molecule has 1 aliphatic carbocycles. The maximum absolute atomic E-state index is 12.8. The number of pyridine rings is 1. The fourth-order valence-electron chi connectivity index (χ4n) is 3.18. The van der Waals surface area contributed by atoms with Crippen LogP contribution in [0.25, 0.3) is 0 Å². The van der Waals surface area contributed by atoms with Gasteiger partial charge in [0.1, 0.15) is 17.5 Å². The molecule has 0 aromatic carbocycles. The van der Waals surface area contributed by atoms with E-state index < -0.39 is 6.10 Å². The second kappa shape index (κ2) is 6.11. The van der Waals surface area contributed by atoms with Crippen molar-refractivity contribution < 1.29 is 9.50 Å². The molecule has 8 heteroatoms. The molecule has 0 radical (unpaired) electrons. The molecule has 1 aliphatic rings. The van der Waals surface area contributed by atoms with Gasteiger partial charge in [-0.05, 0) is 25.0 Å². The van der Waals surface area contributed by atoms with Crippen molar-refractivity contribution in [1.29, 1.82) is 0 Å². The van der Waals surface area contributed by atoms with Crippen molar-refractivity contribution in [1.82, 2.24) is 19.3 Å². The van der Waals surface area contributed by atoms with E-state index in [2.05, 4.69) is 15.4 Å². The first-order valence-electron chi connectivity index (χ1n) is 7.59. The Morgan fingerprint density at radius 3 is 2.78 bits per heavy atom. The lowest BCUT2D eigenvalue weighted by Gasteiger charge is -2.15. The molecule has 3 atom stereocenters. The minimum atomic E-state index is -0.468. The number of hydrogen-bond acceptors (Lipinski definition) is 5. The van der Waals surface area contributed by atoms with Crippen molar-refractivity contribution >= 4 is 5.82 Å². The molecule has 0 bridgehead atoms. The molecular formula is C15H20FN5O2. The van der Waals surface area contributed by atoms with Crippen LogP contribution in [0.5, 0.6) is 0 Å². The molecular weight excluding hydrogens is 301 g/mol. The van der Waals surface area contributed by atoms with Crippen LogP contribution in [0.2, 0.25) is 0 Å². The molecule has 0 aliphatic heterocycles. The summed E-state index contributed by atoms with van der Waals surface area (Å²) >= 11 is 0. The van der Waals surface area contributed by atoms with Crippen LogP contribution >= 0.6 is 0 Å². The van der Waals surface area contributed by atoms with E-state index in [1.54, 1.807) is 20.2 Å². The smallest absolute Gasteiger partial charge is 0.345 e. The van der Waals surface area contributed by atoms with Gasteiger partial charge in [-0.25, -0.2) is 18.9 Å². The number of rotatable bonds is 4. The highest BCUT2D eigenvalue weighted by Gasteiger charge is 2.36. The van der Waals surface area contributed by atoms with Gasteiger partial charge in [0, 0.05) is 32.5 Å². The van der Waals surface area contributed by atoms with Gasteiger partial charge in [0.25, 0.3) is 0 Å². The number of aliphatic hydroxyl groups excluding tert-OH is 1. The maximum Gasteiger partial charge on any atom is 0.345 e. The number of anilines is 1. The fraction of sp³-hybridized carbons (Fsp3) is 0.533. The van der Waals surface area contributed by atoms with E-state index in [1.807, 2.05) is 0 Å². The van der Waals surface area contributed by atoms with Crippen LogP contribution < -0.4 is 11.0 Å². The molecule has 0 saturated heterocycles. The maximum atomic E-state index is 12.8. The molecule has 1 fully saturated rings. The molecule has 2 N–H and O–H groups in total. The highest BCUT2D eigenvalue weighted by Crippen LogP contribution is 2.37. The van der Waals surface area contributed by atoms with Crippen molar-refractivity contribution in [2.45, 2.75) is 24.9 Å². The Morgan fingerprint density at radius 2 is 2.17 bits per heavy atom. The number of hydrogen-bond donors (Lipinski definition) is 2. The van der Waals surface area contributed by atoms with Crippen LogP contribution in [0.4, 0.5) is 10.2 Å². The van der Waals surface area contributed by atoms with Crippen molar-refractivity contribution in [3.8, 4) is 0 Å². The normalized spacial score (nSPS) is 24.1. The quantitative estimate of drug-likeness (QED) is 0.862. The molecule has 23 heavy (non-hydrogen) atoms. The minimum absolute atomic E-state index is 0.0314. The number of halogens is 1. The van der Waals surface area contributed by atoms with Gasteiger partial charge >= 0.3 is 5.69 Å². The van der Waals surface area contributed by atoms with E-state index in [1.165, 1.54) is 15.3 Å². The Hall–Kier alpha value is -2.22. The standard InChI is InChI=1S/C15H20FN5O2/c1-20-14(19-21(2)15(20)23)9-5-10(12(22)6-9)7-17-13-4-3-11(16)8-18-13/h3-4,8-10,12,22H,5-7H2,1-2H3,(H,17,18)/t9-,10+,12+/m0/s1. The van der Waals surface area contributed by atoms with Gasteiger partial charge in [0.05, 0.1) is 12.3 Å². The van der Waals surface area contributed by atoms with E-state index in [4.69, 9.17) is 0 Å². The number of nitrogens with one attached hydrogen (secondary N) is 1. The summed E-state index contributed by atoms with van der Waals surface area (Å²) in [4.78, 5) is 15.7. The Kier molecular flexibility index (Phi) is 4.16. The summed E-state index contributed by atoms with van der Waals surface area (Å²) in [6.07, 6.45) is 2.00. The molecule has 1 saturated carbocycles. The molecule has 3 rings (SSSR count). The van der Waals surface area contributed by atoms with Gasteiger partial charge in [-0.3, -0.25) is 4.57 Å². The molecule has 0 unspecified atom stereocenters. The van der Waals surface area contributed by atoms with Crippen LogP contribution in [-0.2, 0) is 14.1 Å². The number of aryl methyl sites for hydroxylation is 1. The first kappa shape index (κ1) is 15.7. The van der Waals surface area contributed by atoms with E-state index in [0.717, 1.165) is 12.6 Å². The largest absolute Gasteiger partial charge is 0.393 e. The molecule has 2 aromatic heterocycles. The number of aliphatic hydroxyl groups is 1. The third-order valence-corrected chi connectivity index (χ3v) is 4.46. The highest BCUT2D eigenvalue weighted by molar-refractivity contribution is 5.33. The SMILES string of the molecule is Cn1nc([C@H]2C[C@H](CNc3ccc(F)cn3)[C@H](O)C2)n(C)c1=O. The third kappa shape index (κ3) is 3.12. The summed E-state index contributed by atoms with van der Waals surface area (Å²) in [7, 11) is 3.32. The fourth-order valence-corrected chi connectivity index (χ4v) is 3.18. The van der Waals surface area contributed by atoms with Crippen LogP contribution in [0.15, 0.2) is 23.1 Å². The lowest BCUT2D eigenvalue weighted by molar-refractivity contribution is 0.137. The minimum Gasteiger partial charge on any atom is -0.393 e. The second-order valence-electron chi connectivity index (χ2n) is 6.06. The zero-order chi connectivity index (χ0) is 16.6. The molecule has 124 valence electrons. The summed E-state index contributed by atoms with van der Waals surface area (Å²) in [5.41, 5.74) is -0.161. The van der Waals surface area contributed by atoms with Gasteiger partial charge in [-0.1, -0.05) is 0 Å². The van der Waals surface area contributed by atoms with Crippen LogP contribution in [0.1, 0.15) is 24.6 Å². The Labute approximate surface area is 132 Å². The predicted molar refractivity (Wildman–Crippen MR) is 82.6 cm³/mol. The second-order valence-corrected chi connectivity index (χ2v) is 6.06. The molecule has 7 nitrogen and oxygen atoms in total. The van der Waals surface area contributed by atoms with Gasteiger partial charge in [-0.15, -0.1) is 0 Å². The first-order valence-corrected chi connectivity index (χ1v) is 7.59. The molecule has 0 spiro atoms. The highest BCUT2D eigenvalue weighted by atomic mass is 19.1. The average molecular weight is 321 g/mol. The summed E-state index contributed by atoms with van der Waals surface area (Å²) in [5.74, 6) is 0.986. The molecule has 0 amide bonds. The summed E-state index contributed by atoms with van der Waals surface area (Å²) < 4.78 is 15.7. The lowest BCUT2D eigenvalue weighted by Crippen LogP contribution is -2.22. The third-order valence-electron chi connectivity index (χ3n) is 4.46. The first-order chi connectivity index (χ1) is 11.0. The summed E-state index contributed by atoms with van der Waals surface area (Å²) in [6.45, 7) is 0.539. The van der Waals surface area contributed by atoms with E-state index >= 15 is 0 Å². The number of nitrogens with zero attached hydrogens (tertiary/aromatic N) is 4. The molecule has 2 heterocycles. The summed E-state index contributed by atoms with van der Waals surface area (Å²) in [6, 6.07) is 2.91. The van der Waals surface area contributed by atoms with Crippen LogP contribution in [-0.4, -0.2) is 37.1 Å². The molecule has 2 aromatic rings. The van der Waals surface area contributed by atoms with Crippen LogP contribution in [0.3, 0.4) is 0 Å². The zero-order valence-electron chi connectivity index (χ0n) is 13.1. The Balaban J connectivity index is 1.65. The van der Waals surface area contributed by atoms with E-state index in [0.29, 0.717) is 24.6 Å². The van der Waals surface area contributed by atoms with E-state index in [-0.39, 0.29) is 23.3 Å². The van der Waals surface area contributed by atoms with E-state index in [9.17, 15) is 14.3 Å². The monoisotopic (exact) mass is 321 g/mol. The van der Waals surface area contributed by atoms with Crippen LogP contribution in [0, 0.1) is 11.7 Å². The lowest BCUT2D eigenvalue weighted by atomic mass is 10.0. The van der Waals surface area contributed by atoms with Gasteiger partial charge in [0.2, 0.25) is 0 Å². The van der Waals surface area contributed by atoms with Crippen molar-refractivity contribution in [3.63, 3.8) is 0 Å². The van der Waals surface area contributed by atoms with Gasteiger partial charge in [-0.2, -0.15) is 5.10 Å². The predicted octanol–water partition coefficient (Wildman–Crippen LogP) is 0.620. The Morgan fingerprint density at radius 1 is 1.39 bits per heavy atom.